The minimum absolute atomic E-state index is 0.0776. The number of rotatable bonds is 5. The van der Waals surface area contributed by atoms with Crippen LogP contribution in [0.25, 0.3) is 0 Å². The second-order valence-electron chi connectivity index (χ2n) is 9.06. The number of urea groups is 1. The van der Waals surface area contributed by atoms with Crippen LogP contribution in [-0.4, -0.2) is 23.5 Å². The van der Waals surface area contributed by atoms with Crippen molar-refractivity contribution in [2.75, 3.05) is 5.32 Å². The maximum atomic E-state index is 12.5. The molecule has 1 aromatic carbocycles. The number of hydrogen-bond donors (Lipinski definition) is 3. The van der Waals surface area contributed by atoms with E-state index in [1.807, 2.05) is 24.3 Å². The van der Waals surface area contributed by atoms with Gasteiger partial charge in [0.1, 0.15) is 6.04 Å². The van der Waals surface area contributed by atoms with Crippen molar-refractivity contribution in [1.29, 1.82) is 0 Å². The van der Waals surface area contributed by atoms with E-state index in [-0.39, 0.29) is 17.5 Å². The van der Waals surface area contributed by atoms with Gasteiger partial charge in [0.2, 0.25) is 5.91 Å². The minimum Gasteiger partial charge on any atom is -0.374 e. The molecule has 1 atom stereocenters. The van der Waals surface area contributed by atoms with Gasteiger partial charge in [-0.2, -0.15) is 0 Å². The van der Waals surface area contributed by atoms with Crippen LogP contribution in [0.3, 0.4) is 0 Å². The molecule has 0 radical (unpaired) electrons. The highest BCUT2D eigenvalue weighted by Crippen LogP contribution is 2.55. The second-order valence-corrected chi connectivity index (χ2v) is 9.06. The van der Waals surface area contributed by atoms with Crippen molar-refractivity contribution in [2.45, 2.75) is 70.4 Å². The summed E-state index contributed by atoms with van der Waals surface area (Å²) in [6, 6.07) is 7.23. The molecule has 146 valence electrons. The lowest BCUT2D eigenvalue weighted by atomic mass is 9.53. The minimum atomic E-state index is -0.473. The summed E-state index contributed by atoms with van der Waals surface area (Å²) in [6.07, 6.45) is 8.23. The third-order valence-corrected chi connectivity index (χ3v) is 6.79. The van der Waals surface area contributed by atoms with Crippen molar-refractivity contribution in [2.24, 2.45) is 17.8 Å². The first-order valence-corrected chi connectivity index (χ1v) is 10.4. The van der Waals surface area contributed by atoms with Gasteiger partial charge >= 0.3 is 6.03 Å². The van der Waals surface area contributed by atoms with Crippen LogP contribution in [0.2, 0.25) is 0 Å². The number of carbonyl (C=O) groups is 2. The number of hydrogen-bond acceptors (Lipinski definition) is 3. The van der Waals surface area contributed by atoms with Crippen molar-refractivity contribution >= 4 is 17.6 Å². The Kier molecular flexibility index (Phi) is 4.87. The average molecular weight is 370 g/mol. The molecule has 4 aliphatic rings. The highest BCUT2D eigenvalue weighted by Gasteiger charge is 2.51. The van der Waals surface area contributed by atoms with E-state index in [1.165, 1.54) is 24.8 Å². The van der Waals surface area contributed by atoms with E-state index in [4.69, 9.17) is 0 Å². The summed E-state index contributed by atoms with van der Waals surface area (Å²) < 4.78 is 0. The van der Waals surface area contributed by atoms with Gasteiger partial charge in [0.25, 0.3) is 0 Å². The summed E-state index contributed by atoms with van der Waals surface area (Å²) in [4.78, 5) is 24.9. The Bertz CT molecular complexity index is 677. The van der Waals surface area contributed by atoms with Gasteiger partial charge < -0.3 is 10.6 Å². The number of amides is 3. The van der Waals surface area contributed by atoms with E-state index in [9.17, 15) is 9.59 Å². The van der Waals surface area contributed by atoms with Crippen LogP contribution in [0, 0.1) is 17.8 Å². The molecule has 0 aromatic heterocycles. The molecule has 27 heavy (non-hydrogen) atoms. The Morgan fingerprint density at radius 3 is 2.11 bits per heavy atom. The molecule has 5 nitrogen and oxygen atoms in total. The number of imide groups is 1. The Morgan fingerprint density at radius 1 is 1.04 bits per heavy atom. The molecular weight excluding hydrogens is 338 g/mol. The van der Waals surface area contributed by atoms with Crippen LogP contribution in [0.1, 0.15) is 57.9 Å². The molecule has 1 unspecified atom stereocenters. The first kappa shape index (κ1) is 18.3. The molecule has 0 aliphatic heterocycles. The van der Waals surface area contributed by atoms with Gasteiger partial charge in [-0.15, -0.1) is 0 Å². The van der Waals surface area contributed by atoms with Gasteiger partial charge in [-0.3, -0.25) is 10.1 Å². The van der Waals surface area contributed by atoms with Crippen LogP contribution in [0.4, 0.5) is 10.5 Å². The van der Waals surface area contributed by atoms with Crippen LogP contribution in [-0.2, 0) is 11.2 Å². The van der Waals surface area contributed by atoms with Gasteiger partial charge in [0.15, 0.2) is 0 Å². The molecule has 5 heteroatoms. The van der Waals surface area contributed by atoms with E-state index < -0.39 is 6.04 Å². The van der Waals surface area contributed by atoms with E-state index >= 15 is 0 Å². The molecule has 3 amide bonds. The largest absolute Gasteiger partial charge is 0.374 e. The molecule has 4 fully saturated rings. The third kappa shape index (κ3) is 3.97. The summed E-state index contributed by atoms with van der Waals surface area (Å²) in [5, 5.41) is 8.90. The third-order valence-electron chi connectivity index (χ3n) is 6.79. The van der Waals surface area contributed by atoms with Crippen LogP contribution in [0.5, 0.6) is 0 Å². The Labute approximate surface area is 161 Å². The lowest BCUT2D eigenvalue weighted by Gasteiger charge is -2.56. The molecule has 3 N–H and O–H groups in total. The van der Waals surface area contributed by atoms with Gasteiger partial charge in [-0.1, -0.05) is 19.1 Å². The Balaban J connectivity index is 1.30. The summed E-state index contributed by atoms with van der Waals surface area (Å²) in [5.74, 6) is 1.99. The molecule has 1 aromatic rings. The van der Waals surface area contributed by atoms with Crippen LogP contribution < -0.4 is 16.0 Å². The van der Waals surface area contributed by atoms with E-state index in [1.54, 1.807) is 6.92 Å². The van der Waals surface area contributed by atoms with Crippen LogP contribution in [0.15, 0.2) is 24.3 Å². The van der Waals surface area contributed by atoms with Crippen LogP contribution >= 0.6 is 0 Å². The van der Waals surface area contributed by atoms with Crippen molar-refractivity contribution in [3.05, 3.63) is 29.8 Å². The van der Waals surface area contributed by atoms with Gasteiger partial charge in [-0.25, -0.2) is 4.79 Å². The predicted molar refractivity (Wildman–Crippen MR) is 106 cm³/mol. The van der Waals surface area contributed by atoms with Crippen molar-refractivity contribution in [1.82, 2.24) is 10.6 Å². The van der Waals surface area contributed by atoms with Gasteiger partial charge in [-0.05, 0) is 87.3 Å². The SMILES string of the molecule is CCc1ccc(NC(C)C(=O)NC(=O)NC23CC4CC(CC(C4)C2)C3)cc1. The highest BCUT2D eigenvalue weighted by molar-refractivity contribution is 5.98. The first-order valence-electron chi connectivity index (χ1n) is 10.4. The standard InChI is InChI=1S/C22H31N3O2/c1-3-15-4-6-19(7-5-15)23-14(2)20(26)24-21(27)25-22-11-16-8-17(12-22)10-18(9-16)13-22/h4-7,14,16-18,23H,3,8-13H2,1-2H3,(H2,24,25,26,27). The molecule has 4 aliphatic carbocycles. The lowest BCUT2D eigenvalue weighted by molar-refractivity contribution is -0.120. The van der Waals surface area contributed by atoms with Gasteiger partial charge in [0.05, 0.1) is 0 Å². The molecule has 0 spiro atoms. The maximum absolute atomic E-state index is 12.5. The maximum Gasteiger partial charge on any atom is 0.321 e. The fourth-order valence-corrected chi connectivity index (χ4v) is 5.91. The van der Waals surface area contributed by atoms with Crippen molar-refractivity contribution in [3.63, 3.8) is 0 Å². The summed E-state index contributed by atoms with van der Waals surface area (Å²) in [6.45, 7) is 3.89. The topological polar surface area (TPSA) is 70.2 Å². The highest BCUT2D eigenvalue weighted by atomic mass is 16.2. The average Bonchev–Trinajstić information content (AvgIpc) is 2.60. The quantitative estimate of drug-likeness (QED) is 0.738. The van der Waals surface area contributed by atoms with Crippen molar-refractivity contribution < 1.29 is 9.59 Å². The number of nitrogens with one attached hydrogen (secondary N) is 3. The molecule has 5 rings (SSSR count). The molecule has 0 heterocycles. The van der Waals surface area contributed by atoms with Gasteiger partial charge in [0, 0.05) is 11.2 Å². The lowest BCUT2D eigenvalue weighted by Crippen LogP contribution is -2.62. The smallest absolute Gasteiger partial charge is 0.321 e. The fraction of sp³-hybridized carbons (Fsp3) is 0.636. The second kappa shape index (κ2) is 7.17. The first-order chi connectivity index (χ1) is 12.9. The molecule has 4 bridgehead atoms. The Morgan fingerprint density at radius 2 is 1.59 bits per heavy atom. The zero-order chi connectivity index (χ0) is 19.0. The molecule has 4 saturated carbocycles. The number of aryl methyl sites for hydroxylation is 1. The predicted octanol–water partition coefficient (Wildman–Crippen LogP) is 3.84. The molecular formula is C22H31N3O2. The fourth-order valence-electron chi connectivity index (χ4n) is 5.91. The van der Waals surface area contributed by atoms with E-state index in [0.29, 0.717) is 0 Å². The zero-order valence-electron chi connectivity index (χ0n) is 16.4. The van der Waals surface area contributed by atoms with E-state index in [2.05, 4.69) is 22.9 Å². The van der Waals surface area contributed by atoms with E-state index in [0.717, 1.165) is 49.1 Å². The summed E-state index contributed by atoms with van der Waals surface area (Å²) in [5.41, 5.74) is 2.06. The Hall–Kier alpha value is -2.04. The molecule has 0 saturated heterocycles. The normalized spacial score (nSPS) is 32.0. The zero-order valence-corrected chi connectivity index (χ0v) is 16.4. The number of anilines is 1. The monoisotopic (exact) mass is 369 g/mol. The summed E-state index contributed by atoms with van der Waals surface area (Å²) >= 11 is 0. The number of benzene rings is 1. The summed E-state index contributed by atoms with van der Waals surface area (Å²) in [7, 11) is 0. The van der Waals surface area contributed by atoms with Crippen molar-refractivity contribution in [3.8, 4) is 0 Å². The number of carbonyl (C=O) groups excluding carboxylic acids is 2.